The summed E-state index contributed by atoms with van der Waals surface area (Å²) in [6.07, 6.45) is 2.44. The van der Waals surface area contributed by atoms with Crippen molar-refractivity contribution in [2.75, 3.05) is 0 Å². The number of halogens is 1. The molecule has 29 heavy (non-hydrogen) atoms. The quantitative estimate of drug-likeness (QED) is 0.582. The summed E-state index contributed by atoms with van der Waals surface area (Å²) in [5.41, 5.74) is 3.98. The van der Waals surface area contributed by atoms with Crippen molar-refractivity contribution in [2.45, 2.75) is 45.2 Å². The summed E-state index contributed by atoms with van der Waals surface area (Å²) in [6.45, 7) is 3.92. The first-order valence-corrected chi connectivity index (χ1v) is 10.2. The number of nitrogens with zero attached hydrogens (tertiary/aromatic N) is 3. The van der Waals surface area contributed by atoms with Crippen LogP contribution in [0.2, 0.25) is 0 Å². The topological polar surface area (TPSA) is 38.1 Å². The third-order valence-electron chi connectivity index (χ3n) is 5.69. The van der Waals surface area contributed by atoms with Crippen molar-refractivity contribution in [3.63, 3.8) is 0 Å². The number of aromatic nitrogens is 2. The van der Waals surface area contributed by atoms with E-state index in [1.807, 2.05) is 36.9 Å². The molecule has 4 nitrogen and oxygen atoms in total. The summed E-state index contributed by atoms with van der Waals surface area (Å²) in [4.78, 5) is 15.2. The Kier molecular flexibility index (Phi) is 5.22. The van der Waals surface area contributed by atoms with Crippen LogP contribution in [0.3, 0.4) is 0 Å². The lowest BCUT2D eigenvalue weighted by Gasteiger charge is -2.30. The maximum atomic E-state index is 14.7. The summed E-state index contributed by atoms with van der Waals surface area (Å²) in [6, 6.07) is 18.5. The largest absolute Gasteiger partial charge is 0.329 e. The molecule has 3 aromatic rings. The van der Waals surface area contributed by atoms with E-state index < -0.39 is 5.95 Å². The lowest BCUT2D eigenvalue weighted by molar-refractivity contribution is 0.0667. The second-order valence-corrected chi connectivity index (χ2v) is 7.70. The van der Waals surface area contributed by atoms with Crippen LogP contribution in [0, 0.1) is 5.95 Å². The van der Waals surface area contributed by atoms with Gasteiger partial charge in [0.15, 0.2) is 0 Å². The molecule has 1 atom stereocenters. The van der Waals surface area contributed by atoms with Gasteiger partial charge >= 0.3 is 0 Å². The predicted molar refractivity (Wildman–Crippen MR) is 112 cm³/mol. The average Bonchev–Trinajstić information content (AvgIpc) is 3.54. The molecule has 5 heteroatoms. The molecule has 0 radical (unpaired) electrons. The van der Waals surface area contributed by atoms with E-state index in [-0.39, 0.29) is 23.6 Å². The molecular formula is C24H26FN3O. The van der Waals surface area contributed by atoms with Crippen LogP contribution in [0.25, 0.3) is 11.1 Å². The van der Waals surface area contributed by atoms with Crippen molar-refractivity contribution in [1.82, 2.24) is 14.7 Å². The Labute approximate surface area is 171 Å². The van der Waals surface area contributed by atoms with Gasteiger partial charge in [0, 0.05) is 13.1 Å². The monoisotopic (exact) mass is 391 g/mol. The zero-order valence-corrected chi connectivity index (χ0v) is 17.1. The SMILES string of the molecule is CCc1nn(C)c(F)c1C(=O)N(C1CC1)C(C)c1ccc(-c2ccccc2)cc1. The highest BCUT2D eigenvalue weighted by atomic mass is 19.1. The second-order valence-electron chi connectivity index (χ2n) is 7.70. The van der Waals surface area contributed by atoms with E-state index in [1.54, 1.807) is 7.05 Å². The van der Waals surface area contributed by atoms with Crippen molar-refractivity contribution in [2.24, 2.45) is 7.05 Å². The standard InChI is InChI=1S/C24H26FN3O/c1-4-21-22(23(25)27(3)26-21)24(29)28(20-14-15-20)16(2)17-10-12-19(13-11-17)18-8-6-5-7-9-18/h5-13,16,20H,4,14-15H2,1-3H3. The molecule has 1 aliphatic carbocycles. The Morgan fingerprint density at radius 1 is 1.14 bits per heavy atom. The summed E-state index contributed by atoms with van der Waals surface area (Å²) in [5, 5.41) is 4.18. The minimum absolute atomic E-state index is 0.120. The first-order valence-electron chi connectivity index (χ1n) is 10.2. The van der Waals surface area contributed by atoms with E-state index in [0.717, 1.165) is 34.2 Å². The lowest BCUT2D eigenvalue weighted by atomic mass is 10.00. The van der Waals surface area contributed by atoms with Crippen LogP contribution in [0.5, 0.6) is 0 Å². The molecule has 0 saturated heterocycles. The normalized spacial score (nSPS) is 14.6. The molecule has 1 saturated carbocycles. The van der Waals surface area contributed by atoms with Gasteiger partial charge in [-0.2, -0.15) is 9.49 Å². The predicted octanol–water partition coefficient (Wildman–Crippen LogP) is 5.15. The van der Waals surface area contributed by atoms with Crippen molar-refractivity contribution < 1.29 is 9.18 Å². The fourth-order valence-corrected chi connectivity index (χ4v) is 3.90. The summed E-state index contributed by atoms with van der Waals surface area (Å²) >= 11 is 0. The number of carbonyl (C=O) groups excluding carboxylic acids is 1. The van der Waals surface area contributed by atoms with Gasteiger partial charge in [0.2, 0.25) is 5.95 Å². The first kappa shape index (κ1) is 19.4. The van der Waals surface area contributed by atoms with Crippen molar-refractivity contribution in [1.29, 1.82) is 0 Å². The molecule has 2 aromatic carbocycles. The van der Waals surface area contributed by atoms with Crippen LogP contribution in [0.1, 0.15) is 54.3 Å². The number of hydrogen-bond donors (Lipinski definition) is 0. The van der Waals surface area contributed by atoms with E-state index in [1.165, 1.54) is 0 Å². The summed E-state index contributed by atoms with van der Waals surface area (Å²) in [7, 11) is 1.54. The molecule has 0 bridgehead atoms. The number of aryl methyl sites for hydroxylation is 2. The van der Waals surface area contributed by atoms with Crippen molar-refractivity contribution >= 4 is 5.91 Å². The van der Waals surface area contributed by atoms with Gasteiger partial charge < -0.3 is 4.90 Å². The van der Waals surface area contributed by atoms with Crippen LogP contribution in [0.15, 0.2) is 54.6 Å². The van der Waals surface area contributed by atoms with Crippen LogP contribution in [0.4, 0.5) is 4.39 Å². The first-order chi connectivity index (χ1) is 14.0. The number of amides is 1. The number of rotatable bonds is 6. The fourth-order valence-electron chi connectivity index (χ4n) is 3.90. The van der Waals surface area contributed by atoms with Crippen LogP contribution in [-0.4, -0.2) is 26.6 Å². The molecule has 0 spiro atoms. The third kappa shape index (κ3) is 3.69. The second kappa shape index (κ2) is 7.82. The van der Waals surface area contributed by atoms with E-state index >= 15 is 0 Å². The van der Waals surface area contributed by atoms with Crippen LogP contribution in [-0.2, 0) is 13.5 Å². The van der Waals surface area contributed by atoms with Crippen LogP contribution < -0.4 is 0 Å². The maximum Gasteiger partial charge on any atom is 0.261 e. The Balaban J connectivity index is 1.63. The van der Waals surface area contributed by atoms with Gasteiger partial charge in [-0.25, -0.2) is 4.68 Å². The number of benzene rings is 2. The Hall–Kier alpha value is -2.95. The Morgan fingerprint density at radius 2 is 1.76 bits per heavy atom. The lowest BCUT2D eigenvalue weighted by Crippen LogP contribution is -2.36. The molecular weight excluding hydrogens is 365 g/mol. The zero-order valence-electron chi connectivity index (χ0n) is 17.1. The molecule has 1 amide bonds. The molecule has 1 unspecified atom stereocenters. The summed E-state index contributed by atoms with van der Waals surface area (Å²) < 4.78 is 15.8. The van der Waals surface area contributed by atoms with E-state index in [2.05, 4.69) is 41.5 Å². The molecule has 150 valence electrons. The maximum absolute atomic E-state index is 14.7. The van der Waals surface area contributed by atoms with Crippen molar-refractivity contribution in [3.05, 3.63) is 77.4 Å². The highest BCUT2D eigenvalue weighted by Gasteiger charge is 2.39. The van der Waals surface area contributed by atoms with E-state index in [4.69, 9.17) is 0 Å². The molecule has 1 heterocycles. The van der Waals surface area contributed by atoms with Gasteiger partial charge in [-0.1, -0.05) is 61.5 Å². The van der Waals surface area contributed by atoms with Gasteiger partial charge in [0.25, 0.3) is 5.91 Å². The minimum atomic E-state index is -0.552. The Morgan fingerprint density at radius 3 is 2.34 bits per heavy atom. The molecule has 0 aliphatic heterocycles. The molecule has 0 N–H and O–H groups in total. The van der Waals surface area contributed by atoms with Gasteiger partial charge in [0.1, 0.15) is 5.56 Å². The highest BCUT2D eigenvalue weighted by Crippen LogP contribution is 2.37. The van der Waals surface area contributed by atoms with E-state index in [0.29, 0.717) is 12.1 Å². The van der Waals surface area contributed by atoms with Gasteiger partial charge in [-0.05, 0) is 42.9 Å². The van der Waals surface area contributed by atoms with E-state index in [9.17, 15) is 9.18 Å². The minimum Gasteiger partial charge on any atom is -0.329 e. The molecule has 4 rings (SSSR count). The van der Waals surface area contributed by atoms with Gasteiger partial charge in [-0.15, -0.1) is 0 Å². The summed E-state index contributed by atoms with van der Waals surface area (Å²) in [5.74, 6) is -0.807. The number of carbonyl (C=O) groups is 1. The number of hydrogen-bond acceptors (Lipinski definition) is 2. The third-order valence-corrected chi connectivity index (χ3v) is 5.69. The highest BCUT2D eigenvalue weighted by molar-refractivity contribution is 5.96. The Bertz CT molecular complexity index is 1010. The van der Waals surface area contributed by atoms with Gasteiger partial charge in [-0.3, -0.25) is 4.79 Å². The molecule has 1 aliphatic rings. The molecule has 1 aromatic heterocycles. The van der Waals surface area contributed by atoms with Crippen molar-refractivity contribution in [3.8, 4) is 11.1 Å². The smallest absolute Gasteiger partial charge is 0.261 e. The van der Waals surface area contributed by atoms with Gasteiger partial charge in [0.05, 0.1) is 11.7 Å². The average molecular weight is 391 g/mol. The van der Waals surface area contributed by atoms with Crippen LogP contribution >= 0.6 is 0 Å². The molecule has 1 fully saturated rings. The fraction of sp³-hybridized carbons (Fsp3) is 0.333. The zero-order chi connectivity index (χ0) is 20.5.